The molecule has 1 aliphatic heterocycles. The summed E-state index contributed by atoms with van der Waals surface area (Å²) in [5, 5.41) is 10.3. The lowest BCUT2D eigenvalue weighted by Crippen LogP contribution is -2.44. The Labute approximate surface area is 245 Å². The number of aromatic nitrogens is 3. The number of nitrogens with zero attached hydrogens (tertiary/aromatic N) is 4. The largest absolute Gasteiger partial charge is 0.481 e. The highest BCUT2D eigenvalue weighted by Crippen LogP contribution is 2.44. The first kappa shape index (κ1) is 27.3. The standard InChI is InChI=1S/C32H29F2N5O4/c33-21-13-22-23(16-35-29(22)24(34)14-21)30-36-25(17-1-7-20(8-2-17)31(40)39-9-11-43-12-10-39)15-26(38-30)37-28-19-5-3-18(4-6-19)27(28)32(41)42/h1-2,7-8,13-16,18-19,27,35H,3-6,9-12H2,(H,41,42)/b37-28+/t18?,19?,27-/m1/s1. The Morgan fingerprint density at radius 3 is 2.47 bits per heavy atom. The minimum atomic E-state index is -0.884. The van der Waals surface area contributed by atoms with E-state index in [9.17, 15) is 23.5 Å². The molecule has 1 atom stereocenters. The molecule has 0 unspecified atom stereocenters. The Kier molecular flexibility index (Phi) is 6.97. The molecule has 9 nitrogen and oxygen atoms in total. The molecular formula is C32H29F2N5O4. The van der Waals surface area contributed by atoms with E-state index in [-0.39, 0.29) is 40.3 Å². The maximum atomic E-state index is 14.5. The molecule has 43 heavy (non-hydrogen) atoms. The van der Waals surface area contributed by atoms with Gasteiger partial charge in [0, 0.05) is 59.2 Å². The Morgan fingerprint density at radius 1 is 1.00 bits per heavy atom. The summed E-state index contributed by atoms with van der Waals surface area (Å²) in [6.07, 6.45) is 5.03. The van der Waals surface area contributed by atoms with Crippen LogP contribution >= 0.6 is 0 Å². The molecule has 2 aromatic heterocycles. The molecular weight excluding hydrogens is 556 g/mol. The average Bonchev–Trinajstić information content (AvgIpc) is 3.46. The van der Waals surface area contributed by atoms with Crippen LogP contribution in [0.4, 0.5) is 14.6 Å². The number of amides is 1. The van der Waals surface area contributed by atoms with E-state index in [2.05, 4.69) is 9.97 Å². The number of ether oxygens (including phenoxy) is 1. The number of carboxylic acids is 1. The van der Waals surface area contributed by atoms with Gasteiger partial charge in [-0.3, -0.25) is 9.59 Å². The van der Waals surface area contributed by atoms with Crippen LogP contribution in [-0.2, 0) is 9.53 Å². The van der Waals surface area contributed by atoms with Crippen LogP contribution in [0, 0.1) is 29.4 Å². The van der Waals surface area contributed by atoms with Gasteiger partial charge in [0.15, 0.2) is 11.6 Å². The molecule has 1 saturated heterocycles. The van der Waals surface area contributed by atoms with Crippen molar-refractivity contribution in [3.8, 4) is 22.6 Å². The summed E-state index contributed by atoms with van der Waals surface area (Å²) < 4.78 is 34.1. The number of hydrogen-bond donors (Lipinski definition) is 2. The van der Waals surface area contributed by atoms with Crippen molar-refractivity contribution in [3.63, 3.8) is 0 Å². The van der Waals surface area contributed by atoms with E-state index in [0.29, 0.717) is 54.4 Å². The van der Waals surface area contributed by atoms with Crippen molar-refractivity contribution in [2.45, 2.75) is 25.7 Å². The number of carbonyl (C=O) groups excluding carboxylic acids is 1. The van der Waals surface area contributed by atoms with Crippen molar-refractivity contribution >= 4 is 34.3 Å². The maximum Gasteiger partial charge on any atom is 0.312 e. The molecule has 11 heteroatoms. The first-order valence-electron chi connectivity index (χ1n) is 14.5. The number of nitrogens with one attached hydrogen (secondary N) is 1. The summed E-state index contributed by atoms with van der Waals surface area (Å²) in [5.74, 6) is -2.54. The Balaban J connectivity index is 1.33. The fourth-order valence-corrected chi connectivity index (χ4v) is 6.70. The highest BCUT2D eigenvalue weighted by Gasteiger charge is 2.44. The third kappa shape index (κ3) is 5.07. The first-order valence-corrected chi connectivity index (χ1v) is 14.5. The smallest absolute Gasteiger partial charge is 0.312 e. The number of carboxylic acid groups (broad SMARTS) is 1. The van der Waals surface area contributed by atoms with Crippen molar-refractivity contribution in [1.29, 1.82) is 0 Å². The van der Waals surface area contributed by atoms with Crippen LogP contribution in [-0.4, -0.2) is 68.8 Å². The molecule has 3 saturated carbocycles. The summed E-state index contributed by atoms with van der Waals surface area (Å²) in [7, 11) is 0. The van der Waals surface area contributed by atoms with Gasteiger partial charge in [-0.15, -0.1) is 0 Å². The second-order valence-electron chi connectivity index (χ2n) is 11.4. The molecule has 4 fully saturated rings. The number of H-pyrrole nitrogens is 1. The number of fused-ring (bicyclic) bond motifs is 4. The number of hydrogen-bond acceptors (Lipinski definition) is 6. The van der Waals surface area contributed by atoms with E-state index < -0.39 is 23.5 Å². The molecule has 8 rings (SSSR count). The lowest BCUT2D eigenvalue weighted by atomic mass is 9.63. The molecule has 1 amide bonds. The lowest BCUT2D eigenvalue weighted by molar-refractivity contribution is -0.142. The van der Waals surface area contributed by atoms with Crippen LogP contribution in [0.15, 0.2) is 53.7 Å². The monoisotopic (exact) mass is 585 g/mol. The third-order valence-electron chi connectivity index (χ3n) is 8.88. The van der Waals surface area contributed by atoms with E-state index in [4.69, 9.17) is 14.7 Å². The molecule has 2 N–H and O–H groups in total. The molecule has 0 spiro atoms. The van der Waals surface area contributed by atoms with Crippen LogP contribution in [0.5, 0.6) is 0 Å². The van der Waals surface area contributed by atoms with Crippen molar-refractivity contribution in [3.05, 3.63) is 65.9 Å². The normalized spacial score (nSPS) is 22.8. The predicted octanol–water partition coefficient (Wildman–Crippen LogP) is 5.64. The predicted molar refractivity (Wildman–Crippen MR) is 155 cm³/mol. The van der Waals surface area contributed by atoms with Crippen LogP contribution in [0.3, 0.4) is 0 Å². The average molecular weight is 586 g/mol. The van der Waals surface area contributed by atoms with Gasteiger partial charge in [-0.05, 0) is 55.7 Å². The van der Waals surface area contributed by atoms with E-state index in [1.807, 2.05) is 0 Å². The van der Waals surface area contributed by atoms with E-state index in [1.165, 1.54) is 12.3 Å². The highest BCUT2D eigenvalue weighted by atomic mass is 19.1. The number of carbonyl (C=O) groups is 2. The van der Waals surface area contributed by atoms with Crippen molar-refractivity contribution in [2.24, 2.45) is 22.7 Å². The van der Waals surface area contributed by atoms with Crippen LogP contribution in [0.25, 0.3) is 33.5 Å². The van der Waals surface area contributed by atoms with Crippen molar-refractivity contribution in [1.82, 2.24) is 19.9 Å². The minimum absolute atomic E-state index is 0.0399. The Hall–Kier alpha value is -4.51. The summed E-state index contributed by atoms with van der Waals surface area (Å²) in [6.45, 7) is 2.07. The van der Waals surface area contributed by atoms with E-state index in [1.54, 1.807) is 35.2 Å². The molecule has 0 radical (unpaired) electrons. The maximum absolute atomic E-state index is 14.5. The number of aliphatic carboxylic acids is 1. The van der Waals surface area contributed by atoms with Crippen LogP contribution < -0.4 is 0 Å². The molecule has 3 heterocycles. The molecule has 4 aromatic rings. The van der Waals surface area contributed by atoms with E-state index >= 15 is 0 Å². The van der Waals surface area contributed by atoms with Crippen molar-refractivity contribution < 1.29 is 28.2 Å². The van der Waals surface area contributed by atoms with Gasteiger partial charge < -0.3 is 19.7 Å². The minimum Gasteiger partial charge on any atom is -0.481 e. The number of morpholine rings is 1. The molecule has 2 bridgehead atoms. The van der Waals surface area contributed by atoms with Gasteiger partial charge in [0.05, 0.1) is 30.3 Å². The molecule has 3 aliphatic carbocycles. The van der Waals surface area contributed by atoms with Gasteiger partial charge in [0.2, 0.25) is 0 Å². The number of aliphatic imine (C=N–C) groups is 1. The highest BCUT2D eigenvalue weighted by molar-refractivity contribution is 6.05. The number of aromatic amines is 1. The molecule has 2 aromatic carbocycles. The first-order chi connectivity index (χ1) is 20.9. The van der Waals surface area contributed by atoms with Gasteiger partial charge in [-0.1, -0.05) is 12.1 Å². The fraction of sp³-hybridized carbons (Fsp3) is 0.344. The SMILES string of the molecule is O=C(O)[C@H]1/C(=N/c2cc(-c3ccc(C(=O)N4CCOCC4)cc3)nc(-c3c[nH]c4c(F)cc(F)cc34)n2)C2CCC1CC2. The summed E-state index contributed by atoms with van der Waals surface area (Å²) in [4.78, 5) is 44.1. The summed E-state index contributed by atoms with van der Waals surface area (Å²) in [5.41, 5.74) is 2.82. The quantitative estimate of drug-likeness (QED) is 0.313. The Bertz CT molecular complexity index is 1760. The molecule has 4 aliphatic rings. The van der Waals surface area contributed by atoms with Gasteiger partial charge in [0.25, 0.3) is 5.91 Å². The summed E-state index contributed by atoms with van der Waals surface area (Å²) in [6, 6.07) is 10.8. The van der Waals surface area contributed by atoms with Crippen LogP contribution in [0.1, 0.15) is 36.0 Å². The Morgan fingerprint density at radius 2 is 1.74 bits per heavy atom. The fourth-order valence-electron chi connectivity index (χ4n) is 6.70. The second-order valence-corrected chi connectivity index (χ2v) is 11.4. The summed E-state index contributed by atoms with van der Waals surface area (Å²) >= 11 is 0. The number of rotatable bonds is 5. The van der Waals surface area contributed by atoms with Gasteiger partial charge in [-0.2, -0.15) is 0 Å². The topological polar surface area (TPSA) is 121 Å². The van der Waals surface area contributed by atoms with Gasteiger partial charge >= 0.3 is 5.97 Å². The zero-order valence-corrected chi connectivity index (χ0v) is 23.2. The van der Waals surface area contributed by atoms with E-state index in [0.717, 1.165) is 31.7 Å². The van der Waals surface area contributed by atoms with Gasteiger partial charge in [0.1, 0.15) is 11.6 Å². The lowest BCUT2D eigenvalue weighted by Gasteiger charge is -2.41. The van der Waals surface area contributed by atoms with Crippen molar-refractivity contribution in [2.75, 3.05) is 26.3 Å². The van der Waals surface area contributed by atoms with Gasteiger partial charge in [-0.25, -0.2) is 23.7 Å². The number of halogens is 2. The zero-order chi connectivity index (χ0) is 29.7. The second kappa shape index (κ2) is 11.0. The van der Waals surface area contributed by atoms with Crippen LogP contribution in [0.2, 0.25) is 0 Å². The number of benzene rings is 2. The third-order valence-corrected chi connectivity index (χ3v) is 8.88. The molecule has 220 valence electrons. The zero-order valence-electron chi connectivity index (χ0n) is 23.2.